The maximum atomic E-state index is 12.5. The third kappa shape index (κ3) is 4.33. The highest BCUT2D eigenvalue weighted by atomic mass is 16.3. The van der Waals surface area contributed by atoms with Gasteiger partial charge in [-0.3, -0.25) is 4.79 Å². The van der Waals surface area contributed by atoms with E-state index in [0.717, 1.165) is 24.8 Å². The molecule has 1 aliphatic heterocycles. The normalized spacial score (nSPS) is 25.6. The van der Waals surface area contributed by atoms with E-state index >= 15 is 0 Å². The van der Waals surface area contributed by atoms with Crippen LogP contribution in [-0.4, -0.2) is 46.7 Å². The zero-order chi connectivity index (χ0) is 18.5. The average molecular weight is 356 g/mol. The van der Waals surface area contributed by atoms with Crippen molar-refractivity contribution in [2.75, 3.05) is 6.54 Å². The maximum absolute atomic E-state index is 12.5. The van der Waals surface area contributed by atoms with Crippen LogP contribution in [0.4, 0.5) is 4.79 Å². The zero-order valence-electron chi connectivity index (χ0n) is 14.6. The molecule has 1 aliphatic carbocycles. The molecule has 1 heterocycles. The maximum Gasteiger partial charge on any atom is 0.315 e. The van der Waals surface area contributed by atoms with Crippen LogP contribution in [0.5, 0.6) is 0 Å². The van der Waals surface area contributed by atoms with E-state index in [4.69, 9.17) is 5.26 Å². The number of hydrogen-bond donors (Lipinski definition) is 3. The monoisotopic (exact) mass is 356 g/mol. The number of carbonyl (C=O) groups is 2. The molecule has 3 N–H and O–H groups in total. The lowest BCUT2D eigenvalue weighted by atomic mass is 9.93. The van der Waals surface area contributed by atoms with Gasteiger partial charge in [0.15, 0.2) is 0 Å². The molecule has 2 fully saturated rings. The number of nitrogens with zero attached hydrogens (tertiary/aromatic N) is 2. The van der Waals surface area contributed by atoms with Gasteiger partial charge in [-0.15, -0.1) is 0 Å². The molecule has 3 amide bonds. The first-order valence-electron chi connectivity index (χ1n) is 9.10. The number of aliphatic hydroxyl groups is 1. The molecule has 7 nitrogen and oxygen atoms in total. The Morgan fingerprint density at radius 1 is 1.19 bits per heavy atom. The van der Waals surface area contributed by atoms with Gasteiger partial charge in [0, 0.05) is 13.1 Å². The van der Waals surface area contributed by atoms with Crippen LogP contribution in [0.3, 0.4) is 0 Å². The highest BCUT2D eigenvalue weighted by Crippen LogP contribution is 2.19. The van der Waals surface area contributed by atoms with Gasteiger partial charge in [0.1, 0.15) is 6.04 Å². The number of amides is 3. The molecule has 3 atom stereocenters. The van der Waals surface area contributed by atoms with Crippen LogP contribution in [0.1, 0.15) is 43.2 Å². The Balaban J connectivity index is 1.50. The highest BCUT2D eigenvalue weighted by Gasteiger charge is 2.33. The molecule has 0 radical (unpaired) electrons. The summed E-state index contributed by atoms with van der Waals surface area (Å²) in [5.41, 5.74) is 1.54. The van der Waals surface area contributed by atoms with Crippen molar-refractivity contribution in [3.63, 3.8) is 0 Å². The Morgan fingerprint density at radius 2 is 1.92 bits per heavy atom. The summed E-state index contributed by atoms with van der Waals surface area (Å²) >= 11 is 0. The van der Waals surface area contributed by atoms with Gasteiger partial charge in [-0.25, -0.2) is 4.79 Å². The second kappa shape index (κ2) is 8.19. The van der Waals surface area contributed by atoms with E-state index in [2.05, 4.69) is 16.7 Å². The second-order valence-electron chi connectivity index (χ2n) is 6.99. The van der Waals surface area contributed by atoms with E-state index in [1.165, 1.54) is 0 Å². The highest BCUT2D eigenvalue weighted by molar-refractivity contribution is 5.88. The van der Waals surface area contributed by atoms with Crippen LogP contribution >= 0.6 is 0 Å². The molecule has 1 saturated heterocycles. The van der Waals surface area contributed by atoms with Gasteiger partial charge in [0.25, 0.3) is 0 Å². The molecule has 0 spiro atoms. The van der Waals surface area contributed by atoms with Gasteiger partial charge in [-0.2, -0.15) is 5.26 Å². The van der Waals surface area contributed by atoms with E-state index in [9.17, 15) is 14.7 Å². The first-order chi connectivity index (χ1) is 12.6. The summed E-state index contributed by atoms with van der Waals surface area (Å²) < 4.78 is 0. The summed E-state index contributed by atoms with van der Waals surface area (Å²) in [7, 11) is 0. The second-order valence-corrected chi connectivity index (χ2v) is 6.99. The van der Waals surface area contributed by atoms with E-state index in [1.807, 2.05) is 12.1 Å². The van der Waals surface area contributed by atoms with Crippen molar-refractivity contribution in [1.29, 1.82) is 5.26 Å². The summed E-state index contributed by atoms with van der Waals surface area (Å²) in [6, 6.07) is 8.04. The quantitative estimate of drug-likeness (QED) is 0.755. The van der Waals surface area contributed by atoms with Gasteiger partial charge in [0.2, 0.25) is 5.91 Å². The fourth-order valence-electron chi connectivity index (χ4n) is 3.58. The van der Waals surface area contributed by atoms with Crippen LogP contribution in [0.15, 0.2) is 24.3 Å². The lowest BCUT2D eigenvalue weighted by molar-refractivity contribution is -0.129. The minimum Gasteiger partial charge on any atom is -0.391 e. The number of nitriles is 1. The molecular formula is C19H24N4O3. The predicted octanol–water partition coefficient (Wildman–Crippen LogP) is 1.26. The number of hydrogen-bond acceptors (Lipinski definition) is 4. The Labute approximate surface area is 153 Å². The van der Waals surface area contributed by atoms with Crippen molar-refractivity contribution < 1.29 is 14.7 Å². The lowest BCUT2D eigenvalue weighted by Gasteiger charge is -2.28. The predicted molar refractivity (Wildman–Crippen MR) is 94.9 cm³/mol. The van der Waals surface area contributed by atoms with Gasteiger partial charge in [-0.1, -0.05) is 25.0 Å². The Hall–Kier alpha value is -2.59. The standard InChI is InChI=1S/C19H24N4O3/c20-11-13-5-7-14(8-6-13)12-23-10-9-16(18(23)25)22-19(26)21-15-3-1-2-4-17(15)24/h5-8,15-17,24H,1-4,9-10,12H2,(H2,21,22,26)/t15-,16?,17-/m1/s1. The fraction of sp³-hybridized carbons (Fsp3) is 0.526. The minimum absolute atomic E-state index is 0.103. The van der Waals surface area contributed by atoms with Gasteiger partial charge < -0.3 is 20.6 Å². The number of nitrogens with one attached hydrogen (secondary N) is 2. The molecule has 0 bridgehead atoms. The average Bonchev–Trinajstić information content (AvgIpc) is 2.97. The molecule has 0 aromatic heterocycles. The summed E-state index contributed by atoms with van der Waals surface area (Å²) in [5.74, 6) is -0.103. The summed E-state index contributed by atoms with van der Waals surface area (Å²) in [6.45, 7) is 1.04. The van der Waals surface area contributed by atoms with Gasteiger partial charge >= 0.3 is 6.03 Å². The number of likely N-dealkylation sites (tertiary alicyclic amines) is 1. The molecule has 1 aromatic rings. The number of rotatable bonds is 4. The van der Waals surface area contributed by atoms with Crippen molar-refractivity contribution in [2.45, 2.75) is 56.8 Å². The molecule has 1 unspecified atom stereocenters. The van der Waals surface area contributed by atoms with Crippen LogP contribution in [0.25, 0.3) is 0 Å². The van der Waals surface area contributed by atoms with E-state index in [-0.39, 0.29) is 11.9 Å². The third-order valence-corrected chi connectivity index (χ3v) is 5.11. The van der Waals surface area contributed by atoms with Crippen LogP contribution in [-0.2, 0) is 11.3 Å². The Morgan fingerprint density at radius 3 is 2.62 bits per heavy atom. The topological polar surface area (TPSA) is 105 Å². The molecule has 1 saturated carbocycles. The molecule has 26 heavy (non-hydrogen) atoms. The van der Waals surface area contributed by atoms with E-state index in [1.54, 1.807) is 17.0 Å². The Bertz CT molecular complexity index is 698. The summed E-state index contributed by atoms with van der Waals surface area (Å²) in [4.78, 5) is 26.4. The Kier molecular flexibility index (Phi) is 5.74. The lowest BCUT2D eigenvalue weighted by Crippen LogP contribution is -2.52. The molecule has 138 valence electrons. The number of aliphatic hydroxyl groups excluding tert-OH is 1. The van der Waals surface area contributed by atoms with E-state index < -0.39 is 18.2 Å². The number of carbonyl (C=O) groups excluding carboxylic acids is 2. The molecule has 1 aromatic carbocycles. The largest absolute Gasteiger partial charge is 0.391 e. The van der Waals surface area contributed by atoms with Crippen molar-refractivity contribution in [3.8, 4) is 6.07 Å². The van der Waals surface area contributed by atoms with Gasteiger partial charge in [0.05, 0.1) is 23.8 Å². The zero-order valence-corrected chi connectivity index (χ0v) is 14.6. The molecule has 3 rings (SSSR count). The first-order valence-corrected chi connectivity index (χ1v) is 9.10. The SMILES string of the molecule is N#Cc1ccc(CN2CCC(NC(=O)N[C@@H]3CCCC[C@H]3O)C2=O)cc1. The summed E-state index contributed by atoms with van der Waals surface area (Å²) in [6.07, 6.45) is 3.48. The molecule has 2 aliphatic rings. The smallest absolute Gasteiger partial charge is 0.315 e. The van der Waals surface area contributed by atoms with Crippen LogP contribution in [0, 0.1) is 11.3 Å². The van der Waals surface area contributed by atoms with E-state index in [0.29, 0.717) is 31.5 Å². The fourth-order valence-corrected chi connectivity index (χ4v) is 3.58. The van der Waals surface area contributed by atoms with Crippen molar-refractivity contribution in [2.24, 2.45) is 0 Å². The van der Waals surface area contributed by atoms with Crippen molar-refractivity contribution >= 4 is 11.9 Å². The first kappa shape index (κ1) is 18.2. The third-order valence-electron chi connectivity index (χ3n) is 5.11. The van der Waals surface area contributed by atoms with Crippen molar-refractivity contribution in [3.05, 3.63) is 35.4 Å². The minimum atomic E-state index is -0.533. The number of benzene rings is 1. The molecular weight excluding hydrogens is 332 g/mol. The van der Waals surface area contributed by atoms with Crippen LogP contribution < -0.4 is 10.6 Å². The van der Waals surface area contributed by atoms with Gasteiger partial charge in [-0.05, 0) is 37.0 Å². The molecule has 7 heteroatoms. The summed E-state index contributed by atoms with van der Waals surface area (Å²) in [5, 5.41) is 24.3. The number of urea groups is 1. The van der Waals surface area contributed by atoms with Crippen molar-refractivity contribution in [1.82, 2.24) is 15.5 Å². The van der Waals surface area contributed by atoms with Crippen LogP contribution in [0.2, 0.25) is 0 Å².